The predicted octanol–water partition coefficient (Wildman–Crippen LogP) is 1.08. The van der Waals surface area contributed by atoms with Crippen LogP contribution in [0.3, 0.4) is 0 Å². The maximum Gasteiger partial charge on any atom is 0.147 e. The second kappa shape index (κ2) is 5.36. The molecule has 4 nitrogen and oxygen atoms in total. The number of aromatic nitrogens is 1. The van der Waals surface area contributed by atoms with Crippen LogP contribution in [0.4, 0.5) is 4.39 Å². The summed E-state index contributed by atoms with van der Waals surface area (Å²) >= 11 is 0. The third kappa shape index (κ3) is 4.24. The zero-order valence-corrected chi connectivity index (χ0v) is 9.74. The summed E-state index contributed by atoms with van der Waals surface area (Å²) in [7, 11) is -3.03. The second-order valence-corrected chi connectivity index (χ2v) is 5.94. The van der Waals surface area contributed by atoms with Crippen molar-refractivity contribution in [3.8, 4) is 0 Å². The number of pyridine rings is 1. The Bertz CT molecular complexity index is 447. The molecule has 6 heteroatoms. The number of hydrogen-bond donors (Lipinski definition) is 1. The lowest BCUT2D eigenvalue weighted by Gasteiger charge is -2.10. The van der Waals surface area contributed by atoms with Gasteiger partial charge in [-0.2, -0.15) is 0 Å². The molecule has 0 saturated carbocycles. The number of halogens is 1. The summed E-state index contributed by atoms with van der Waals surface area (Å²) in [4.78, 5) is 3.56. The fourth-order valence-corrected chi connectivity index (χ4v) is 2.04. The highest BCUT2D eigenvalue weighted by Crippen LogP contribution is 2.20. The molecule has 1 atom stereocenters. The zero-order chi connectivity index (χ0) is 12.2. The number of aliphatic hydroxyl groups is 1. The smallest absolute Gasteiger partial charge is 0.147 e. The van der Waals surface area contributed by atoms with Gasteiger partial charge in [-0.1, -0.05) is 0 Å². The van der Waals surface area contributed by atoms with E-state index in [1.165, 1.54) is 12.3 Å². The SMILES string of the molecule is CS(=O)(=O)CCCC(O)c1ccncc1F. The number of rotatable bonds is 5. The van der Waals surface area contributed by atoms with Crippen LogP contribution in [0.2, 0.25) is 0 Å². The fourth-order valence-electron chi connectivity index (χ4n) is 1.35. The van der Waals surface area contributed by atoms with Gasteiger partial charge in [0.05, 0.1) is 12.3 Å². The Balaban J connectivity index is 2.54. The van der Waals surface area contributed by atoms with Crippen LogP contribution in [0.5, 0.6) is 0 Å². The standard InChI is InChI=1S/C10H14FNO3S/c1-16(14,15)6-2-3-10(13)8-4-5-12-7-9(8)11/h4-5,7,10,13H,2-3,6H2,1H3. The van der Waals surface area contributed by atoms with Gasteiger partial charge in [0, 0.05) is 23.8 Å². The van der Waals surface area contributed by atoms with Crippen molar-refractivity contribution in [3.63, 3.8) is 0 Å². The second-order valence-electron chi connectivity index (χ2n) is 3.69. The number of hydrogen-bond acceptors (Lipinski definition) is 4. The van der Waals surface area contributed by atoms with Crippen molar-refractivity contribution >= 4 is 9.84 Å². The van der Waals surface area contributed by atoms with Crippen molar-refractivity contribution < 1.29 is 17.9 Å². The summed E-state index contributed by atoms with van der Waals surface area (Å²) in [6.45, 7) is 0. The molecule has 0 fully saturated rings. The van der Waals surface area contributed by atoms with Crippen LogP contribution in [0, 0.1) is 5.82 Å². The molecule has 0 bridgehead atoms. The van der Waals surface area contributed by atoms with E-state index in [1.54, 1.807) is 0 Å². The van der Waals surface area contributed by atoms with Crippen LogP contribution in [0.1, 0.15) is 24.5 Å². The first-order chi connectivity index (χ1) is 7.40. The van der Waals surface area contributed by atoms with Gasteiger partial charge in [0.25, 0.3) is 0 Å². The molecular formula is C10H14FNO3S. The average Bonchev–Trinajstić information content (AvgIpc) is 2.16. The van der Waals surface area contributed by atoms with E-state index in [9.17, 15) is 17.9 Å². The fraction of sp³-hybridized carbons (Fsp3) is 0.500. The van der Waals surface area contributed by atoms with Gasteiger partial charge in [0.15, 0.2) is 0 Å². The molecule has 1 heterocycles. The van der Waals surface area contributed by atoms with Gasteiger partial charge in [-0.15, -0.1) is 0 Å². The number of nitrogens with zero attached hydrogens (tertiary/aromatic N) is 1. The van der Waals surface area contributed by atoms with E-state index >= 15 is 0 Å². The Morgan fingerprint density at radius 1 is 1.56 bits per heavy atom. The molecule has 16 heavy (non-hydrogen) atoms. The van der Waals surface area contributed by atoms with Crippen molar-refractivity contribution in [3.05, 3.63) is 29.8 Å². The molecule has 0 radical (unpaired) electrons. The monoisotopic (exact) mass is 247 g/mol. The first-order valence-electron chi connectivity index (χ1n) is 4.85. The van der Waals surface area contributed by atoms with Crippen molar-refractivity contribution in [1.29, 1.82) is 0 Å². The normalized spacial score (nSPS) is 13.7. The highest BCUT2D eigenvalue weighted by atomic mass is 32.2. The lowest BCUT2D eigenvalue weighted by Crippen LogP contribution is -2.07. The molecule has 0 aliphatic heterocycles. The highest BCUT2D eigenvalue weighted by molar-refractivity contribution is 7.90. The van der Waals surface area contributed by atoms with Crippen molar-refractivity contribution in [2.75, 3.05) is 12.0 Å². The van der Waals surface area contributed by atoms with Gasteiger partial charge in [0.1, 0.15) is 15.7 Å². The van der Waals surface area contributed by atoms with E-state index in [2.05, 4.69) is 4.98 Å². The summed E-state index contributed by atoms with van der Waals surface area (Å²) in [6, 6.07) is 1.39. The Morgan fingerprint density at radius 2 is 2.25 bits per heavy atom. The average molecular weight is 247 g/mol. The molecule has 0 aliphatic carbocycles. The van der Waals surface area contributed by atoms with Gasteiger partial charge >= 0.3 is 0 Å². The summed E-state index contributed by atoms with van der Waals surface area (Å²) < 4.78 is 34.9. The highest BCUT2D eigenvalue weighted by Gasteiger charge is 2.13. The van der Waals surface area contributed by atoms with Crippen LogP contribution in [0.25, 0.3) is 0 Å². The maximum absolute atomic E-state index is 13.2. The third-order valence-electron chi connectivity index (χ3n) is 2.16. The largest absolute Gasteiger partial charge is 0.388 e. The Hall–Kier alpha value is -1.01. The Labute approximate surface area is 94.1 Å². The van der Waals surface area contributed by atoms with E-state index in [4.69, 9.17) is 0 Å². The number of sulfone groups is 1. The molecule has 1 rings (SSSR count). The van der Waals surface area contributed by atoms with E-state index in [0.29, 0.717) is 6.42 Å². The topological polar surface area (TPSA) is 67.3 Å². The van der Waals surface area contributed by atoms with Gasteiger partial charge < -0.3 is 5.11 Å². The van der Waals surface area contributed by atoms with Crippen LogP contribution in [-0.2, 0) is 9.84 Å². The number of aliphatic hydroxyl groups excluding tert-OH is 1. The van der Waals surface area contributed by atoms with Crippen LogP contribution in [-0.4, -0.2) is 30.5 Å². The van der Waals surface area contributed by atoms with E-state index in [1.807, 2.05) is 0 Å². The summed E-state index contributed by atoms with van der Waals surface area (Å²) in [5, 5.41) is 9.64. The molecule has 1 N–H and O–H groups in total. The van der Waals surface area contributed by atoms with Crippen molar-refractivity contribution in [2.24, 2.45) is 0 Å². The first-order valence-corrected chi connectivity index (χ1v) is 6.91. The Morgan fingerprint density at radius 3 is 2.81 bits per heavy atom. The lowest BCUT2D eigenvalue weighted by molar-refractivity contribution is 0.162. The van der Waals surface area contributed by atoms with E-state index in [-0.39, 0.29) is 17.7 Å². The quantitative estimate of drug-likeness (QED) is 0.845. The minimum Gasteiger partial charge on any atom is -0.388 e. The minimum atomic E-state index is -3.03. The van der Waals surface area contributed by atoms with Crippen LogP contribution in [0.15, 0.2) is 18.5 Å². The lowest BCUT2D eigenvalue weighted by atomic mass is 10.1. The summed E-state index contributed by atoms with van der Waals surface area (Å²) in [5.41, 5.74) is 0.156. The molecule has 0 aliphatic rings. The van der Waals surface area contributed by atoms with Gasteiger partial charge in [-0.25, -0.2) is 12.8 Å². The van der Waals surface area contributed by atoms with E-state index < -0.39 is 21.8 Å². The zero-order valence-electron chi connectivity index (χ0n) is 8.93. The molecule has 90 valence electrons. The molecule has 0 aromatic carbocycles. The Kier molecular flexibility index (Phi) is 4.37. The first kappa shape index (κ1) is 13.1. The van der Waals surface area contributed by atoms with Gasteiger partial charge in [-0.3, -0.25) is 4.98 Å². The molecule has 1 unspecified atom stereocenters. The van der Waals surface area contributed by atoms with Crippen LogP contribution >= 0.6 is 0 Å². The molecule has 0 saturated heterocycles. The molecule has 1 aromatic rings. The van der Waals surface area contributed by atoms with Crippen molar-refractivity contribution in [2.45, 2.75) is 18.9 Å². The maximum atomic E-state index is 13.2. The van der Waals surface area contributed by atoms with E-state index in [0.717, 1.165) is 12.5 Å². The minimum absolute atomic E-state index is 0.00321. The molecule has 1 aromatic heterocycles. The summed E-state index contributed by atoms with van der Waals surface area (Å²) in [5.74, 6) is -0.578. The molecule has 0 amide bonds. The summed E-state index contributed by atoms with van der Waals surface area (Å²) in [6.07, 6.45) is 3.08. The molecular weight excluding hydrogens is 233 g/mol. The van der Waals surface area contributed by atoms with Crippen molar-refractivity contribution in [1.82, 2.24) is 4.98 Å². The van der Waals surface area contributed by atoms with Crippen LogP contribution < -0.4 is 0 Å². The third-order valence-corrected chi connectivity index (χ3v) is 3.19. The molecule has 0 spiro atoms. The predicted molar refractivity (Wildman–Crippen MR) is 58.1 cm³/mol. The van der Waals surface area contributed by atoms with Gasteiger partial charge in [0.2, 0.25) is 0 Å². The van der Waals surface area contributed by atoms with Gasteiger partial charge in [-0.05, 0) is 18.9 Å².